The Kier molecular flexibility index (Phi) is 5.57. The van der Waals surface area contributed by atoms with Gasteiger partial charge in [-0.3, -0.25) is 4.79 Å². The highest BCUT2D eigenvalue weighted by atomic mass is 16.5. The molecule has 0 aliphatic rings. The summed E-state index contributed by atoms with van der Waals surface area (Å²) < 4.78 is 9.98. The molecule has 0 amide bonds. The molecular formula is C16H24O4. The Morgan fingerprint density at radius 1 is 1.25 bits per heavy atom. The van der Waals surface area contributed by atoms with E-state index in [-0.39, 0.29) is 11.9 Å². The topological polar surface area (TPSA) is 55.8 Å². The highest BCUT2D eigenvalue weighted by Gasteiger charge is 2.44. The van der Waals surface area contributed by atoms with Crippen LogP contribution in [0.5, 0.6) is 5.75 Å². The molecule has 0 saturated heterocycles. The van der Waals surface area contributed by atoms with Crippen LogP contribution in [0.4, 0.5) is 0 Å². The zero-order chi connectivity index (χ0) is 15.3. The Balaban J connectivity index is 3.24. The third-order valence-corrected chi connectivity index (χ3v) is 3.77. The highest BCUT2D eigenvalue weighted by molar-refractivity contribution is 5.74. The van der Waals surface area contributed by atoms with Crippen molar-refractivity contribution in [3.05, 3.63) is 29.8 Å². The molecule has 1 aromatic rings. The lowest BCUT2D eigenvalue weighted by molar-refractivity contribution is -0.161. The third kappa shape index (κ3) is 3.12. The van der Waals surface area contributed by atoms with Crippen molar-refractivity contribution in [2.75, 3.05) is 14.2 Å². The van der Waals surface area contributed by atoms with E-state index in [2.05, 4.69) is 0 Å². The van der Waals surface area contributed by atoms with Gasteiger partial charge < -0.3 is 14.6 Å². The minimum absolute atomic E-state index is 0.0329. The first-order chi connectivity index (χ1) is 9.40. The minimum Gasteiger partial charge on any atom is -0.497 e. The van der Waals surface area contributed by atoms with Gasteiger partial charge in [-0.25, -0.2) is 0 Å². The maximum absolute atomic E-state index is 12.0. The van der Waals surface area contributed by atoms with Crippen molar-refractivity contribution in [1.82, 2.24) is 0 Å². The van der Waals surface area contributed by atoms with Gasteiger partial charge in [-0.05, 0) is 30.0 Å². The zero-order valence-corrected chi connectivity index (χ0v) is 12.8. The summed E-state index contributed by atoms with van der Waals surface area (Å²) in [5.41, 5.74) is -0.544. The van der Waals surface area contributed by atoms with Gasteiger partial charge in [0.15, 0.2) is 0 Å². The van der Waals surface area contributed by atoms with Crippen molar-refractivity contribution in [3.63, 3.8) is 0 Å². The number of hydrogen-bond acceptors (Lipinski definition) is 4. The molecule has 0 aromatic heterocycles. The number of methoxy groups -OCH3 is 2. The number of aliphatic hydroxyl groups is 1. The van der Waals surface area contributed by atoms with Crippen LogP contribution in [0.25, 0.3) is 0 Å². The van der Waals surface area contributed by atoms with E-state index in [0.29, 0.717) is 17.7 Å². The molecule has 0 spiro atoms. The largest absolute Gasteiger partial charge is 0.497 e. The van der Waals surface area contributed by atoms with Crippen LogP contribution in [-0.4, -0.2) is 25.3 Å². The van der Waals surface area contributed by atoms with Crippen molar-refractivity contribution in [2.24, 2.45) is 11.8 Å². The molecule has 2 unspecified atom stereocenters. The molecule has 0 bridgehead atoms. The molecule has 0 fully saturated rings. The minimum atomic E-state index is -1.24. The molecule has 0 radical (unpaired) electrons. The average molecular weight is 280 g/mol. The van der Waals surface area contributed by atoms with Gasteiger partial charge in [-0.15, -0.1) is 0 Å². The van der Waals surface area contributed by atoms with Crippen LogP contribution in [-0.2, 0) is 15.1 Å². The van der Waals surface area contributed by atoms with Gasteiger partial charge in [-0.1, -0.05) is 32.9 Å². The Morgan fingerprint density at radius 2 is 1.80 bits per heavy atom. The first-order valence-electron chi connectivity index (χ1n) is 6.85. The number of hydrogen-bond donors (Lipinski definition) is 1. The summed E-state index contributed by atoms with van der Waals surface area (Å²) in [7, 11) is 2.94. The molecule has 2 atom stereocenters. The van der Waals surface area contributed by atoms with Gasteiger partial charge in [-0.2, -0.15) is 0 Å². The van der Waals surface area contributed by atoms with Gasteiger partial charge in [0.25, 0.3) is 0 Å². The summed E-state index contributed by atoms with van der Waals surface area (Å²) in [6, 6.07) is 7.15. The summed E-state index contributed by atoms with van der Waals surface area (Å²) in [4.78, 5) is 12.0. The second kappa shape index (κ2) is 6.75. The van der Waals surface area contributed by atoms with E-state index in [4.69, 9.17) is 9.47 Å². The molecule has 112 valence electrons. The summed E-state index contributed by atoms with van der Waals surface area (Å²) in [5.74, 6) is -0.313. The van der Waals surface area contributed by atoms with Gasteiger partial charge in [0, 0.05) is 0 Å². The SMILES string of the molecule is CCC(O)(c1ccc(OC)cc1)C(C(=O)OC)C(C)C. The molecule has 1 aromatic carbocycles. The lowest BCUT2D eigenvalue weighted by Gasteiger charge is -2.36. The Morgan fingerprint density at radius 3 is 2.15 bits per heavy atom. The van der Waals surface area contributed by atoms with Crippen LogP contribution < -0.4 is 4.74 Å². The van der Waals surface area contributed by atoms with E-state index >= 15 is 0 Å². The smallest absolute Gasteiger partial charge is 0.312 e. The normalized spacial score (nSPS) is 15.6. The van der Waals surface area contributed by atoms with E-state index in [9.17, 15) is 9.90 Å². The highest BCUT2D eigenvalue weighted by Crippen LogP contribution is 2.38. The fourth-order valence-corrected chi connectivity index (χ4v) is 2.63. The van der Waals surface area contributed by atoms with Gasteiger partial charge in [0.05, 0.1) is 20.1 Å². The number of ether oxygens (including phenoxy) is 2. The number of carbonyl (C=O) groups excluding carboxylic acids is 1. The predicted octanol–water partition coefficient (Wildman–Crippen LogP) is 2.74. The molecule has 0 heterocycles. The Labute approximate surface area is 120 Å². The van der Waals surface area contributed by atoms with Crippen LogP contribution >= 0.6 is 0 Å². The molecule has 0 aliphatic heterocycles. The molecule has 0 saturated carbocycles. The average Bonchev–Trinajstić information content (AvgIpc) is 2.46. The molecule has 20 heavy (non-hydrogen) atoms. The second-order valence-corrected chi connectivity index (χ2v) is 5.25. The van der Waals surface area contributed by atoms with Crippen LogP contribution in [0.3, 0.4) is 0 Å². The molecule has 1 N–H and O–H groups in total. The van der Waals surface area contributed by atoms with Crippen LogP contribution in [0.1, 0.15) is 32.8 Å². The first-order valence-corrected chi connectivity index (χ1v) is 6.85. The van der Waals surface area contributed by atoms with Gasteiger partial charge in [0.1, 0.15) is 11.4 Å². The third-order valence-electron chi connectivity index (χ3n) is 3.77. The lowest BCUT2D eigenvalue weighted by atomic mass is 9.73. The molecule has 0 aliphatic carbocycles. The fourth-order valence-electron chi connectivity index (χ4n) is 2.63. The van der Waals surface area contributed by atoms with E-state index in [1.807, 2.05) is 20.8 Å². The number of carbonyl (C=O) groups is 1. The monoisotopic (exact) mass is 280 g/mol. The van der Waals surface area contributed by atoms with Crippen molar-refractivity contribution < 1.29 is 19.4 Å². The first kappa shape index (κ1) is 16.5. The summed E-state index contributed by atoms with van der Waals surface area (Å²) in [5, 5.41) is 11.0. The van der Waals surface area contributed by atoms with Crippen LogP contribution in [0, 0.1) is 11.8 Å². The molecule has 1 rings (SSSR count). The zero-order valence-electron chi connectivity index (χ0n) is 12.8. The number of rotatable bonds is 6. The number of benzene rings is 1. The fraction of sp³-hybridized carbons (Fsp3) is 0.562. The van der Waals surface area contributed by atoms with Crippen molar-refractivity contribution >= 4 is 5.97 Å². The number of esters is 1. The standard InChI is InChI=1S/C16H24O4/c1-6-16(18,14(11(2)3)15(17)20-5)12-7-9-13(19-4)10-8-12/h7-11,14,18H,6H2,1-5H3. The van der Waals surface area contributed by atoms with E-state index < -0.39 is 11.5 Å². The molecule has 4 nitrogen and oxygen atoms in total. The second-order valence-electron chi connectivity index (χ2n) is 5.25. The van der Waals surface area contributed by atoms with E-state index in [1.165, 1.54) is 7.11 Å². The van der Waals surface area contributed by atoms with E-state index in [0.717, 1.165) is 0 Å². The van der Waals surface area contributed by atoms with Crippen LogP contribution in [0.15, 0.2) is 24.3 Å². The summed E-state index contributed by atoms with van der Waals surface area (Å²) in [6.07, 6.45) is 0.428. The quantitative estimate of drug-likeness (QED) is 0.814. The Hall–Kier alpha value is -1.55. The van der Waals surface area contributed by atoms with Crippen LogP contribution in [0.2, 0.25) is 0 Å². The molecule has 4 heteroatoms. The van der Waals surface area contributed by atoms with Crippen molar-refractivity contribution in [1.29, 1.82) is 0 Å². The summed E-state index contributed by atoms with van der Waals surface area (Å²) in [6.45, 7) is 5.68. The maximum atomic E-state index is 12.0. The Bertz CT molecular complexity index is 438. The van der Waals surface area contributed by atoms with Gasteiger partial charge in [0.2, 0.25) is 0 Å². The summed E-state index contributed by atoms with van der Waals surface area (Å²) >= 11 is 0. The molecular weight excluding hydrogens is 256 g/mol. The maximum Gasteiger partial charge on any atom is 0.312 e. The van der Waals surface area contributed by atoms with Crippen molar-refractivity contribution in [2.45, 2.75) is 32.8 Å². The van der Waals surface area contributed by atoms with E-state index in [1.54, 1.807) is 31.4 Å². The lowest BCUT2D eigenvalue weighted by Crippen LogP contribution is -2.43. The van der Waals surface area contributed by atoms with Crippen molar-refractivity contribution in [3.8, 4) is 5.75 Å². The predicted molar refractivity (Wildman–Crippen MR) is 77.5 cm³/mol. The van der Waals surface area contributed by atoms with Gasteiger partial charge >= 0.3 is 5.97 Å².